The van der Waals surface area contributed by atoms with Gasteiger partial charge in [0.15, 0.2) is 0 Å². The van der Waals surface area contributed by atoms with E-state index in [1.54, 1.807) is 25.1 Å². The molecular weight excluding hydrogens is 604 g/mol. The number of rotatable bonds is 10. The van der Waals surface area contributed by atoms with Gasteiger partial charge in [-0.25, -0.2) is 21.6 Å². The predicted molar refractivity (Wildman–Crippen MR) is 172 cm³/mol. The van der Waals surface area contributed by atoms with Crippen molar-refractivity contribution in [2.24, 2.45) is 16.7 Å². The van der Waals surface area contributed by atoms with Gasteiger partial charge in [-0.05, 0) is 76.3 Å². The van der Waals surface area contributed by atoms with E-state index in [2.05, 4.69) is 48.4 Å². The Morgan fingerprint density at radius 3 is 2.27 bits per heavy atom. The number of nitrogens with one attached hydrogen (secondary N) is 2. The predicted octanol–water partition coefficient (Wildman–Crippen LogP) is 3.09. The van der Waals surface area contributed by atoms with Crippen molar-refractivity contribution in [2.45, 2.75) is 84.9 Å². The lowest BCUT2D eigenvalue weighted by molar-refractivity contribution is -0.125. The number of aryl methyl sites for hydroxylation is 1. The van der Waals surface area contributed by atoms with Crippen molar-refractivity contribution in [1.82, 2.24) is 14.9 Å². The number of hydrogen-bond donors (Lipinski definition) is 2. The van der Waals surface area contributed by atoms with E-state index in [0.29, 0.717) is 39.0 Å². The second-order valence-electron chi connectivity index (χ2n) is 14.5. The van der Waals surface area contributed by atoms with Gasteiger partial charge in [0.2, 0.25) is 15.9 Å². The Balaban J connectivity index is 1.50. The van der Waals surface area contributed by atoms with E-state index < -0.39 is 55.0 Å². The average molecular weight is 655 g/mol. The molecule has 2 N–H and O–H groups in total. The van der Waals surface area contributed by atoms with Crippen molar-refractivity contribution in [1.29, 1.82) is 0 Å². The van der Waals surface area contributed by atoms with E-state index in [0.717, 1.165) is 23.9 Å². The van der Waals surface area contributed by atoms with E-state index in [-0.39, 0.29) is 29.3 Å². The van der Waals surface area contributed by atoms with Crippen LogP contribution in [0.4, 0.5) is 10.5 Å². The van der Waals surface area contributed by atoms with Gasteiger partial charge in [0.05, 0.1) is 11.5 Å². The minimum atomic E-state index is -3.67. The molecule has 2 bridgehead atoms. The van der Waals surface area contributed by atoms with Gasteiger partial charge >= 0.3 is 6.09 Å². The molecule has 0 radical (unpaired) electrons. The molecule has 1 heterocycles. The van der Waals surface area contributed by atoms with E-state index >= 15 is 0 Å². The van der Waals surface area contributed by atoms with Crippen molar-refractivity contribution < 1.29 is 31.2 Å². The number of fused-ring (bicyclic) bond motifs is 2. The summed E-state index contributed by atoms with van der Waals surface area (Å²) in [5, 5.41) is 5.63. The molecule has 44 heavy (non-hydrogen) atoms. The molecule has 248 valence electrons. The molecule has 1 aromatic carbocycles. The second kappa shape index (κ2) is 12.4. The minimum absolute atomic E-state index is 0.0771. The van der Waals surface area contributed by atoms with Crippen LogP contribution in [0.15, 0.2) is 24.3 Å². The van der Waals surface area contributed by atoms with E-state index in [1.165, 1.54) is 0 Å². The molecule has 0 spiro atoms. The highest BCUT2D eigenvalue weighted by Gasteiger charge is 2.66. The van der Waals surface area contributed by atoms with Crippen molar-refractivity contribution in [3.05, 3.63) is 29.8 Å². The molecule has 1 aromatic rings. The fourth-order valence-electron chi connectivity index (χ4n) is 7.49. The van der Waals surface area contributed by atoms with Crippen LogP contribution in [0, 0.1) is 23.7 Å². The number of nitrogens with zero attached hydrogens (tertiary/aromatic N) is 2. The maximum absolute atomic E-state index is 14.0. The summed E-state index contributed by atoms with van der Waals surface area (Å²) in [6.45, 7) is 13.3. The largest absolute Gasteiger partial charge is 0.444 e. The maximum Gasteiger partial charge on any atom is 0.408 e. The monoisotopic (exact) mass is 654 g/mol. The van der Waals surface area contributed by atoms with Crippen LogP contribution in [-0.4, -0.2) is 94.8 Å². The maximum atomic E-state index is 14.0. The normalized spacial score (nSPS) is 26.3. The molecule has 4 rings (SSSR count). The molecule has 13 heteroatoms. The van der Waals surface area contributed by atoms with Crippen LogP contribution in [-0.2, 0) is 29.4 Å². The first-order valence-corrected chi connectivity index (χ1v) is 19.2. The third-order valence-electron chi connectivity index (χ3n) is 10.1. The Bertz CT molecular complexity index is 1450. The van der Waals surface area contributed by atoms with E-state index in [9.17, 15) is 26.4 Å². The highest BCUT2D eigenvalue weighted by atomic mass is 32.2. The van der Waals surface area contributed by atoms with Crippen LogP contribution in [0.2, 0.25) is 0 Å². The van der Waals surface area contributed by atoms with Crippen LogP contribution in [0.25, 0.3) is 0 Å². The molecule has 2 aliphatic carbocycles. The number of amides is 2. The molecule has 0 aromatic heterocycles. The fraction of sp³-hybridized carbons (Fsp3) is 0.742. The quantitative estimate of drug-likeness (QED) is 0.392. The Labute approximate surface area is 263 Å². The van der Waals surface area contributed by atoms with E-state index in [4.69, 9.17) is 4.74 Å². The van der Waals surface area contributed by atoms with Gasteiger partial charge in [-0.3, -0.25) is 4.79 Å². The molecule has 1 saturated heterocycles. The van der Waals surface area contributed by atoms with Crippen LogP contribution >= 0.6 is 0 Å². The van der Waals surface area contributed by atoms with Crippen LogP contribution in [0.3, 0.4) is 0 Å². The third-order valence-corrected chi connectivity index (χ3v) is 13.1. The molecule has 3 aliphatic rings. The Morgan fingerprint density at radius 2 is 1.70 bits per heavy atom. The Hall–Kier alpha value is -2.38. The zero-order valence-electron chi connectivity index (χ0n) is 27.2. The fourth-order valence-corrected chi connectivity index (χ4v) is 10.4. The van der Waals surface area contributed by atoms with Gasteiger partial charge in [0.25, 0.3) is 0 Å². The first-order chi connectivity index (χ1) is 20.2. The average Bonchev–Trinajstić information content (AvgIpc) is 3.24. The molecule has 1 aliphatic heterocycles. The summed E-state index contributed by atoms with van der Waals surface area (Å²) in [5.74, 6) is -0.675. The first-order valence-electron chi connectivity index (χ1n) is 15.5. The van der Waals surface area contributed by atoms with E-state index in [1.807, 2.05) is 12.1 Å². The number of sulfonamides is 1. The lowest BCUT2D eigenvalue weighted by Gasteiger charge is -2.44. The number of para-hydroxylation sites is 1. The van der Waals surface area contributed by atoms with Crippen LogP contribution in [0.5, 0.6) is 0 Å². The molecular formula is C31H50N4O7S2. The topological polar surface area (TPSA) is 142 Å². The number of alkyl carbamates (subject to hydrolysis) is 1. The van der Waals surface area contributed by atoms with Gasteiger partial charge in [-0.15, -0.1) is 0 Å². The zero-order chi connectivity index (χ0) is 32.7. The summed E-state index contributed by atoms with van der Waals surface area (Å²) < 4.78 is 58.9. The van der Waals surface area contributed by atoms with Crippen molar-refractivity contribution in [2.75, 3.05) is 48.8 Å². The molecule has 2 saturated carbocycles. The molecule has 11 nitrogen and oxygen atoms in total. The number of sulfone groups is 1. The SMILES string of the molecule is Cc1ccccc1N1CCN(S(=O)(=O)C[C@]23CC[C@H](C[C@@H]2NC(=O)[C@H](CCS(C)(=O)=O)NC(=O)OC(C)(C)C)C3(C)C)CC1. The van der Waals surface area contributed by atoms with Crippen molar-refractivity contribution in [3.8, 4) is 0 Å². The smallest absolute Gasteiger partial charge is 0.408 e. The Kier molecular flexibility index (Phi) is 9.74. The number of carbonyl (C=O) groups excluding carboxylic acids is 2. The summed E-state index contributed by atoms with van der Waals surface area (Å²) in [6, 6.07) is 6.52. The lowest BCUT2D eigenvalue weighted by atomic mass is 9.69. The number of benzene rings is 1. The number of anilines is 1. The number of carbonyl (C=O) groups is 2. The standard InChI is InChI=1S/C31H50N4O7S2/c1-22-10-8-9-11-25(22)34-15-17-35(18-16-34)44(40,41)21-31-14-12-23(30(31,5)6)20-26(31)33-27(36)24(13-19-43(7,38)39)32-28(37)42-29(2,3)4/h8-11,23-24,26H,12-21H2,1-7H3,(H,32,37)(H,33,36)/t23-,24+,26+,31-/m1/s1. The van der Waals surface area contributed by atoms with Gasteiger partial charge in [-0.2, -0.15) is 4.31 Å². The highest BCUT2D eigenvalue weighted by Crippen LogP contribution is 2.66. The molecule has 0 unspecified atom stereocenters. The summed E-state index contributed by atoms with van der Waals surface area (Å²) >= 11 is 0. The van der Waals surface area contributed by atoms with Crippen LogP contribution < -0.4 is 15.5 Å². The summed E-state index contributed by atoms with van der Waals surface area (Å²) in [6.07, 6.45) is 2.30. The first kappa shape index (κ1) is 34.5. The van der Waals surface area contributed by atoms with Crippen LogP contribution in [0.1, 0.15) is 65.9 Å². The number of ether oxygens (including phenoxy) is 1. The lowest BCUT2D eigenvalue weighted by Crippen LogP contribution is -2.58. The minimum Gasteiger partial charge on any atom is -0.444 e. The number of piperazine rings is 1. The molecule has 3 fully saturated rings. The van der Waals surface area contributed by atoms with Crippen molar-refractivity contribution in [3.63, 3.8) is 0 Å². The Morgan fingerprint density at radius 1 is 1.07 bits per heavy atom. The molecule has 4 atom stereocenters. The van der Waals surface area contributed by atoms with Crippen molar-refractivity contribution >= 4 is 37.5 Å². The zero-order valence-corrected chi connectivity index (χ0v) is 28.8. The summed E-state index contributed by atoms with van der Waals surface area (Å²) in [7, 11) is -7.08. The highest BCUT2D eigenvalue weighted by molar-refractivity contribution is 7.90. The van der Waals surface area contributed by atoms with Gasteiger partial charge in [0, 0.05) is 49.6 Å². The summed E-state index contributed by atoms with van der Waals surface area (Å²) in [5.41, 5.74) is 0.420. The third kappa shape index (κ3) is 7.52. The number of hydrogen-bond acceptors (Lipinski definition) is 8. The van der Waals surface area contributed by atoms with Gasteiger partial charge < -0.3 is 20.3 Å². The van der Waals surface area contributed by atoms with Gasteiger partial charge in [-0.1, -0.05) is 32.0 Å². The van der Waals surface area contributed by atoms with Gasteiger partial charge in [0.1, 0.15) is 21.5 Å². The molecule has 2 amide bonds. The second-order valence-corrected chi connectivity index (χ2v) is 18.7. The summed E-state index contributed by atoms with van der Waals surface area (Å²) in [4.78, 5) is 28.5.